The largest absolute Gasteiger partial charge is 0.344 e. The number of pyridine rings is 1. The standard InChI is InChI=1S/C36H42N2/c1-8-9-26-38-33-17-13-12-16-32(33)36(6,7)34(38)21-20-29(30-22-24-37-25-23-30)19-18-28(3)35(4,5)31-15-11-10-14-27(31)2/h10-25H,3,8-9,26H2,1-2,4-7H3/b19-18+,29-20-,34-21+. The number of hydrogen-bond donors (Lipinski definition) is 0. The molecule has 0 spiro atoms. The minimum absolute atomic E-state index is 0.0652. The third kappa shape index (κ3) is 5.45. The molecule has 0 N–H and O–H groups in total. The molecule has 2 nitrogen and oxygen atoms in total. The fourth-order valence-corrected chi connectivity index (χ4v) is 5.51. The van der Waals surface area contributed by atoms with Gasteiger partial charge in [0.05, 0.1) is 0 Å². The number of fused-ring (bicyclic) bond motifs is 1. The SMILES string of the molecule is C=C(/C=C/C(=C/C=C1/N(CCCC)c2ccccc2C1(C)C)c1ccncc1)C(C)(C)c1ccccc1C. The molecule has 2 heteroatoms. The zero-order chi connectivity index (χ0) is 27.3. The van der Waals surface area contributed by atoms with Crippen LogP contribution >= 0.6 is 0 Å². The van der Waals surface area contributed by atoms with Crippen LogP contribution in [0.1, 0.15) is 69.7 Å². The molecule has 196 valence electrons. The Bertz CT molecular complexity index is 1370. The van der Waals surface area contributed by atoms with Crippen LogP contribution in [0, 0.1) is 6.92 Å². The third-order valence-electron chi connectivity index (χ3n) is 8.05. The predicted octanol–water partition coefficient (Wildman–Crippen LogP) is 9.35. The van der Waals surface area contributed by atoms with Crippen LogP contribution < -0.4 is 4.90 Å². The van der Waals surface area contributed by atoms with Crippen molar-refractivity contribution >= 4 is 11.3 Å². The second kappa shape index (κ2) is 11.4. The number of nitrogens with zero attached hydrogens (tertiary/aromatic N) is 2. The normalized spacial score (nSPS) is 16.3. The van der Waals surface area contributed by atoms with Gasteiger partial charge < -0.3 is 4.90 Å². The van der Waals surface area contributed by atoms with E-state index in [2.05, 4.69) is 143 Å². The van der Waals surface area contributed by atoms with E-state index in [0.717, 1.165) is 29.7 Å². The maximum Gasteiger partial charge on any atom is 0.0450 e. The molecule has 2 aromatic carbocycles. The van der Waals surface area contributed by atoms with Gasteiger partial charge in [0.15, 0.2) is 0 Å². The number of aromatic nitrogens is 1. The lowest BCUT2D eigenvalue weighted by Crippen LogP contribution is -2.26. The number of rotatable bonds is 9. The first-order chi connectivity index (χ1) is 18.2. The predicted molar refractivity (Wildman–Crippen MR) is 165 cm³/mol. The number of para-hydroxylation sites is 1. The van der Waals surface area contributed by atoms with Crippen molar-refractivity contribution in [2.75, 3.05) is 11.4 Å². The topological polar surface area (TPSA) is 16.1 Å². The summed E-state index contributed by atoms with van der Waals surface area (Å²) in [6.45, 7) is 19.1. The number of aryl methyl sites for hydroxylation is 1. The Kier molecular flexibility index (Phi) is 8.21. The summed E-state index contributed by atoms with van der Waals surface area (Å²) in [5.41, 5.74) is 9.79. The Hall–Kier alpha value is -3.65. The van der Waals surface area contributed by atoms with Gasteiger partial charge in [-0.25, -0.2) is 0 Å². The summed E-state index contributed by atoms with van der Waals surface area (Å²) in [6.07, 6.45) is 15.0. The van der Waals surface area contributed by atoms with E-state index >= 15 is 0 Å². The number of hydrogen-bond acceptors (Lipinski definition) is 2. The Balaban J connectivity index is 1.74. The molecule has 0 unspecified atom stereocenters. The van der Waals surface area contributed by atoms with Gasteiger partial charge >= 0.3 is 0 Å². The van der Waals surface area contributed by atoms with E-state index in [0.29, 0.717) is 0 Å². The molecule has 0 saturated carbocycles. The monoisotopic (exact) mass is 502 g/mol. The first kappa shape index (κ1) is 27.4. The summed E-state index contributed by atoms with van der Waals surface area (Å²) >= 11 is 0. The lowest BCUT2D eigenvalue weighted by Gasteiger charge is -2.28. The van der Waals surface area contributed by atoms with E-state index in [1.807, 2.05) is 12.4 Å². The van der Waals surface area contributed by atoms with Crippen LogP contribution in [0.5, 0.6) is 0 Å². The molecule has 0 saturated heterocycles. The van der Waals surface area contributed by atoms with E-state index in [1.54, 1.807) is 0 Å². The molecule has 0 aliphatic carbocycles. The quantitative estimate of drug-likeness (QED) is 0.271. The summed E-state index contributed by atoms with van der Waals surface area (Å²) < 4.78 is 0. The molecule has 1 aliphatic heterocycles. The highest BCUT2D eigenvalue weighted by Gasteiger charge is 2.39. The van der Waals surface area contributed by atoms with Gasteiger partial charge in [-0.1, -0.05) is 108 Å². The zero-order valence-electron chi connectivity index (χ0n) is 24.0. The number of unbranched alkanes of at least 4 members (excludes halogenated alkanes) is 1. The Morgan fingerprint density at radius 3 is 2.37 bits per heavy atom. The molecule has 4 rings (SSSR count). The van der Waals surface area contributed by atoms with Crippen molar-refractivity contribution in [2.24, 2.45) is 0 Å². The van der Waals surface area contributed by atoms with Gasteiger partial charge in [-0.15, -0.1) is 0 Å². The third-order valence-corrected chi connectivity index (χ3v) is 8.05. The summed E-state index contributed by atoms with van der Waals surface area (Å²) in [5.74, 6) is 0. The summed E-state index contributed by atoms with van der Waals surface area (Å²) in [5, 5.41) is 0. The van der Waals surface area contributed by atoms with Gasteiger partial charge in [-0.3, -0.25) is 4.98 Å². The van der Waals surface area contributed by atoms with Crippen molar-refractivity contribution < 1.29 is 0 Å². The molecule has 1 aliphatic rings. The van der Waals surface area contributed by atoms with Crippen LogP contribution in [0.15, 0.2) is 115 Å². The van der Waals surface area contributed by atoms with Crippen molar-refractivity contribution in [2.45, 2.75) is 65.2 Å². The summed E-state index contributed by atoms with van der Waals surface area (Å²) in [6, 6.07) is 21.6. The van der Waals surface area contributed by atoms with Gasteiger partial charge in [0.25, 0.3) is 0 Å². The van der Waals surface area contributed by atoms with Crippen LogP contribution in [0.4, 0.5) is 5.69 Å². The smallest absolute Gasteiger partial charge is 0.0450 e. The van der Waals surface area contributed by atoms with Gasteiger partial charge in [-0.05, 0) is 71.0 Å². The van der Waals surface area contributed by atoms with Crippen LogP contribution in [0.3, 0.4) is 0 Å². The van der Waals surface area contributed by atoms with Crippen LogP contribution in [-0.4, -0.2) is 11.5 Å². The van der Waals surface area contributed by atoms with Gasteiger partial charge in [0, 0.05) is 41.2 Å². The Labute approximate surface area is 230 Å². The van der Waals surface area contributed by atoms with Crippen LogP contribution in [0.25, 0.3) is 5.57 Å². The van der Waals surface area contributed by atoms with E-state index in [4.69, 9.17) is 0 Å². The molecule has 1 aromatic heterocycles. The molecule has 2 heterocycles. The van der Waals surface area contributed by atoms with Crippen molar-refractivity contribution in [1.82, 2.24) is 4.98 Å². The van der Waals surface area contributed by atoms with Crippen molar-refractivity contribution in [1.29, 1.82) is 0 Å². The second-order valence-corrected chi connectivity index (χ2v) is 11.4. The molecular formula is C36H42N2. The molecule has 0 bridgehead atoms. The zero-order valence-corrected chi connectivity index (χ0v) is 24.0. The van der Waals surface area contributed by atoms with Crippen LogP contribution in [0.2, 0.25) is 0 Å². The lowest BCUT2D eigenvalue weighted by molar-refractivity contribution is 0.624. The molecule has 0 fully saturated rings. The number of allylic oxidation sites excluding steroid dienone is 7. The van der Waals surface area contributed by atoms with Crippen molar-refractivity contribution in [3.8, 4) is 0 Å². The molecule has 3 aromatic rings. The maximum atomic E-state index is 4.49. The average Bonchev–Trinajstić information content (AvgIpc) is 3.13. The van der Waals surface area contributed by atoms with E-state index in [-0.39, 0.29) is 10.8 Å². The van der Waals surface area contributed by atoms with Gasteiger partial charge in [-0.2, -0.15) is 0 Å². The second-order valence-electron chi connectivity index (χ2n) is 11.4. The Morgan fingerprint density at radius 2 is 1.66 bits per heavy atom. The first-order valence-electron chi connectivity index (χ1n) is 13.8. The summed E-state index contributed by atoms with van der Waals surface area (Å²) in [4.78, 5) is 6.77. The van der Waals surface area contributed by atoms with Crippen molar-refractivity contribution in [3.63, 3.8) is 0 Å². The van der Waals surface area contributed by atoms with Gasteiger partial charge in [0.1, 0.15) is 0 Å². The molecule has 0 atom stereocenters. The van der Waals surface area contributed by atoms with Crippen molar-refractivity contribution in [3.05, 3.63) is 137 Å². The highest BCUT2D eigenvalue weighted by molar-refractivity contribution is 5.77. The highest BCUT2D eigenvalue weighted by Crippen LogP contribution is 2.47. The first-order valence-corrected chi connectivity index (χ1v) is 13.8. The van der Waals surface area contributed by atoms with E-state index in [1.165, 1.54) is 34.5 Å². The Morgan fingerprint density at radius 1 is 0.974 bits per heavy atom. The molecule has 0 radical (unpaired) electrons. The van der Waals surface area contributed by atoms with Crippen LogP contribution in [-0.2, 0) is 10.8 Å². The fraction of sp³-hybridized carbons (Fsp3) is 0.306. The minimum atomic E-state index is -0.171. The minimum Gasteiger partial charge on any atom is -0.344 e. The fourth-order valence-electron chi connectivity index (χ4n) is 5.51. The number of anilines is 1. The van der Waals surface area contributed by atoms with E-state index in [9.17, 15) is 0 Å². The number of benzene rings is 2. The molecule has 38 heavy (non-hydrogen) atoms. The maximum absolute atomic E-state index is 4.49. The average molecular weight is 503 g/mol. The van der Waals surface area contributed by atoms with Gasteiger partial charge in [0.2, 0.25) is 0 Å². The van der Waals surface area contributed by atoms with E-state index < -0.39 is 0 Å². The summed E-state index contributed by atoms with van der Waals surface area (Å²) in [7, 11) is 0. The highest BCUT2D eigenvalue weighted by atomic mass is 15.2. The lowest BCUT2D eigenvalue weighted by atomic mass is 9.76. The molecular weight excluding hydrogens is 460 g/mol. The molecule has 0 amide bonds.